The standard InChI is InChI=1S/C11H23NO/c1-3-5-9-12(4-2)10-7-6-8-11(10)13/h10-11,13H,3-9H2,1-2H3/t10-,11-/m1/s1. The first-order valence-electron chi connectivity index (χ1n) is 5.71. The van der Waals surface area contributed by atoms with Crippen LogP contribution in [0.3, 0.4) is 0 Å². The Morgan fingerprint density at radius 2 is 2.08 bits per heavy atom. The summed E-state index contributed by atoms with van der Waals surface area (Å²) in [4.78, 5) is 2.45. The molecule has 0 radical (unpaired) electrons. The summed E-state index contributed by atoms with van der Waals surface area (Å²) in [7, 11) is 0. The maximum atomic E-state index is 9.75. The summed E-state index contributed by atoms with van der Waals surface area (Å²) < 4.78 is 0. The molecule has 78 valence electrons. The highest BCUT2D eigenvalue weighted by atomic mass is 16.3. The van der Waals surface area contributed by atoms with E-state index in [0.717, 1.165) is 19.5 Å². The Labute approximate surface area is 81.9 Å². The average Bonchev–Trinajstić information content (AvgIpc) is 2.54. The lowest BCUT2D eigenvalue weighted by molar-refractivity contribution is 0.0730. The van der Waals surface area contributed by atoms with Gasteiger partial charge in [-0.15, -0.1) is 0 Å². The molecule has 0 spiro atoms. The van der Waals surface area contributed by atoms with E-state index in [9.17, 15) is 5.11 Å². The topological polar surface area (TPSA) is 23.5 Å². The van der Waals surface area contributed by atoms with E-state index in [-0.39, 0.29) is 6.10 Å². The lowest BCUT2D eigenvalue weighted by atomic mass is 10.1. The Balaban J connectivity index is 2.35. The number of rotatable bonds is 5. The molecule has 0 saturated heterocycles. The Morgan fingerprint density at radius 3 is 2.54 bits per heavy atom. The van der Waals surface area contributed by atoms with Crippen molar-refractivity contribution in [3.63, 3.8) is 0 Å². The third-order valence-corrected chi connectivity index (χ3v) is 3.12. The molecule has 13 heavy (non-hydrogen) atoms. The minimum Gasteiger partial charge on any atom is -0.391 e. The highest BCUT2D eigenvalue weighted by Crippen LogP contribution is 2.24. The van der Waals surface area contributed by atoms with Crippen LogP contribution in [-0.4, -0.2) is 35.2 Å². The van der Waals surface area contributed by atoms with Crippen molar-refractivity contribution >= 4 is 0 Å². The van der Waals surface area contributed by atoms with E-state index in [1.807, 2.05) is 0 Å². The Bertz CT molecular complexity index is 138. The summed E-state index contributed by atoms with van der Waals surface area (Å²) >= 11 is 0. The Hall–Kier alpha value is -0.0800. The first-order chi connectivity index (χ1) is 6.29. The zero-order valence-corrected chi connectivity index (χ0v) is 9.00. The zero-order valence-electron chi connectivity index (χ0n) is 9.00. The van der Waals surface area contributed by atoms with Gasteiger partial charge in [-0.3, -0.25) is 4.90 Å². The molecule has 0 bridgehead atoms. The molecule has 0 amide bonds. The fourth-order valence-electron chi connectivity index (χ4n) is 2.27. The van der Waals surface area contributed by atoms with Gasteiger partial charge < -0.3 is 5.11 Å². The van der Waals surface area contributed by atoms with Crippen LogP contribution in [0.15, 0.2) is 0 Å². The molecule has 1 saturated carbocycles. The van der Waals surface area contributed by atoms with E-state index < -0.39 is 0 Å². The third kappa shape index (κ3) is 2.96. The van der Waals surface area contributed by atoms with Crippen molar-refractivity contribution in [2.75, 3.05) is 13.1 Å². The predicted octanol–water partition coefficient (Wildman–Crippen LogP) is 2.02. The molecule has 1 aliphatic rings. The first-order valence-corrected chi connectivity index (χ1v) is 5.71. The maximum Gasteiger partial charge on any atom is 0.0695 e. The van der Waals surface area contributed by atoms with Gasteiger partial charge >= 0.3 is 0 Å². The van der Waals surface area contributed by atoms with Crippen LogP contribution >= 0.6 is 0 Å². The molecule has 0 aliphatic heterocycles. The van der Waals surface area contributed by atoms with Crippen LogP contribution in [0.4, 0.5) is 0 Å². The number of aliphatic hydroxyl groups excluding tert-OH is 1. The zero-order chi connectivity index (χ0) is 9.68. The second-order valence-corrected chi connectivity index (χ2v) is 4.05. The molecule has 1 N–H and O–H groups in total. The molecular formula is C11H23NO. The quantitative estimate of drug-likeness (QED) is 0.708. The van der Waals surface area contributed by atoms with Crippen LogP contribution < -0.4 is 0 Å². The van der Waals surface area contributed by atoms with E-state index in [1.54, 1.807) is 0 Å². The SMILES string of the molecule is CCCCN(CC)[C@@H]1CCC[C@H]1O. The highest BCUT2D eigenvalue weighted by Gasteiger charge is 2.29. The maximum absolute atomic E-state index is 9.75. The Morgan fingerprint density at radius 1 is 1.31 bits per heavy atom. The average molecular weight is 185 g/mol. The van der Waals surface area contributed by atoms with E-state index in [0.29, 0.717) is 6.04 Å². The summed E-state index contributed by atoms with van der Waals surface area (Å²) in [5, 5.41) is 9.75. The number of nitrogens with zero attached hydrogens (tertiary/aromatic N) is 1. The van der Waals surface area contributed by atoms with Crippen LogP contribution in [-0.2, 0) is 0 Å². The van der Waals surface area contributed by atoms with Crippen molar-refractivity contribution in [1.82, 2.24) is 4.90 Å². The second-order valence-electron chi connectivity index (χ2n) is 4.05. The summed E-state index contributed by atoms with van der Waals surface area (Å²) in [6, 6.07) is 0.455. The van der Waals surface area contributed by atoms with Crippen LogP contribution in [0.1, 0.15) is 46.0 Å². The smallest absolute Gasteiger partial charge is 0.0695 e. The molecule has 0 aromatic heterocycles. The lowest BCUT2D eigenvalue weighted by Crippen LogP contribution is -2.40. The van der Waals surface area contributed by atoms with Crippen LogP contribution in [0.2, 0.25) is 0 Å². The monoisotopic (exact) mass is 185 g/mol. The third-order valence-electron chi connectivity index (χ3n) is 3.12. The van der Waals surface area contributed by atoms with E-state index in [2.05, 4.69) is 18.7 Å². The number of hydrogen-bond donors (Lipinski definition) is 1. The largest absolute Gasteiger partial charge is 0.391 e. The van der Waals surface area contributed by atoms with Gasteiger partial charge in [0.2, 0.25) is 0 Å². The summed E-state index contributed by atoms with van der Waals surface area (Å²) in [6.45, 7) is 6.66. The molecule has 0 unspecified atom stereocenters. The van der Waals surface area contributed by atoms with Gasteiger partial charge in [0.1, 0.15) is 0 Å². The van der Waals surface area contributed by atoms with Gasteiger partial charge in [0.05, 0.1) is 6.10 Å². The van der Waals surface area contributed by atoms with Crippen molar-refractivity contribution in [2.45, 2.75) is 58.1 Å². The molecule has 0 aromatic carbocycles. The molecule has 1 rings (SSSR count). The van der Waals surface area contributed by atoms with Crippen LogP contribution in [0, 0.1) is 0 Å². The van der Waals surface area contributed by atoms with Gasteiger partial charge in [-0.2, -0.15) is 0 Å². The fraction of sp³-hybridized carbons (Fsp3) is 1.00. The molecule has 2 nitrogen and oxygen atoms in total. The van der Waals surface area contributed by atoms with Gasteiger partial charge in [0.25, 0.3) is 0 Å². The molecule has 1 fully saturated rings. The predicted molar refractivity (Wildman–Crippen MR) is 55.8 cm³/mol. The van der Waals surface area contributed by atoms with Crippen LogP contribution in [0.25, 0.3) is 0 Å². The molecule has 2 heteroatoms. The second kappa shape index (κ2) is 5.61. The minimum absolute atomic E-state index is 0.0585. The summed E-state index contributed by atoms with van der Waals surface area (Å²) in [5.41, 5.74) is 0. The van der Waals surface area contributed by atoms with Gasteiger partial charge in [-0.25, -0.2) is 0 Å². The fourth-order valence-corrected chi connectivity index (χ4v) is 2.27. The lowest BCUT2D eigenvalue weighted by Gasteiger charge is -2.29. The molecule has 1 aliphatic carbocycles. The number of hydrogen-bond acceptors (Lipinski definition) is 2. The molecule has 0 aromatic rings. The minimum atomic E-state index is -0.0585. The van der Waals surface area contributed by atoms with Gasteiger partial charge in [-0.1, -0.05) is 20.3 Å². The van der Waals surface area contributed by atoms with E-state index >= 15 is 0 Å². The van der Waals surface area contributed by atoms with Crippen molar-refractivity contribution < 1.29 is 5.11 Å². The van der Waals surface area contributed by atoms with Crippen LogP contribution in [0.5, 0.6) is 0 Å². The summed E-state index contributed by atoms with van der Waals surface area (Å²) in [6.07, 6.45) is 5.86. The van der Waals surface area contributed by atoms with E-state index in [1.165, 1.54) is 25.7 Å². The number of likely N-dealkylation sites (N-methyl/N-ethyl adjacent to an activating group) is 1. The van der Waals surface area contributed by atoms with Gasteiger partial charge in [-0.05, 0) is 38.8 Å². The van der Waals surface area contributed by atoms with Gasteiger partial charge in [0.15, 0.2) is 0 Å². The molecule has 0 heterocycles. The van der Waals surface area contributed by atoms with E-state index in [4.69, 9.17) is 0 Å². The number of aliphatic hydroxyl groups is 1. The molecule has 2 atom stereocenters. The first kappa shape index (κ1) is 11.0. The molecular weight excluding hydrogens is 162 g/mol. The van der Waals surface area contributed by atoms with Crippen molar-refractivity contribution in [1.29, 1.82) is 0 Å². The van der Waals surface area contributed by atoms with Crippen molar-refractivity contribution in [3.05, 3.63) is 0 Å². The van der Waals surface area contributed by atoms with Gasteiger partial charge in [0, 0.05) is 6.04 Å². The van der Waals surface area contributed by atoms with Crippen molar-refractivity contribution in [3.8, 4) is 0 Å². The van der Waals surface area contributed by atoms with Crippen molar-refractivity contribution in [2.24, 2.45) is 0 Å². The number of unbranched alkanes of at least 4 members (excludes halogenated alkanes) is 1. The highest BCUT2D eigenvalue weighted by molar-refractivity contribution is 4.84. The summed E-state index contributed by atoms with van der Waals surface area (Å²) in [5.74, 6) is 0. The Kier molecular flexibility index (Phi) is 4.74. The normalized spacial score (nSPS) is 28.6.